The molecule has 0 aliphatic carbocycles. The Balaban J connectivity index is 2.97. The van der Waals surface area contributed by atoms with Crippen LogP contribution in [0.4, 0.5) is 0 Å². The predicted molar refractivity (Wildman–Crippen MR) is 58.4 cm³/mol. The summed E-state index contributed by atoms with van der Waals surface area (Å²) >= 11 is 0. The molecule has 1 nitrogen and oxygen atoms in total. The van der Waals surface area contributed by atoms with E-state index in [9.17, 15) is 4.79 Å². The van der Waals surface area contributed by atoms with Gasteiger partial charge in [0, 0.05) is 11.0 Å². The van der Waals surface area contributed by atoms with Crippen molar-refractivity contribution in [2.24, 2.45) is 5.41 Å². The minimum absolute atomic E-state index is 0.201. The van der Waals surface area contributed by atoms with Crippen LogP contribution in [0.5, 0.6) is 0 Å². The van der Waals surface area contributed by atoms with Gasteiger partial charge in [0.1, 0.15) is 7.85 Å². The largest absolute Gasteiger partial charge is 0.294 e. The van der Waals surface area contributed by atoms with E-state index in [0.717, 1.165) is 5.56 Å². The highest BCUT2D eigenvalue weighted by Gasteiger charge is 2.22. The molecule has 0 aliphatic rings. The first kappa shape index (κ1) is 10.0. The molecule has 1 aromatic carbocycles. The third kappa shape index (κ3) is 2.45. The molecule has 0 radical (unpaired) electrons. The number of ketones is 1. The molecule has 0 saturated heterocycles. The molecular weight excluding hydrogens is 159 g/mol. The fourth-order valence-electron chi connectivity index (χ4n) is 1.14. The average molecular weight is 174 g/mol. The van der Waals surface area contributed by atoms with Crippen molar-refractivity contribution >= 4 is 19.1 Å². The number of hydrogen-bond acceptors (Lipinski definition) is 1. The number of carbonyl (C=O) groups excluding carboxylic acids is 1. The minimum atomic E-state index is -0.282. The van der Waals surface area contributed by atoms with Gasteiger partial charge in [-0.05, 0) is 0 Å². The van der Waals surface area contributed by atoms with E-state index in [0.29, 0.717) is 0 Å². The lowest BCUT2D eigenvalue weighted by Gasteiger charge is -2.16. The molecule has 0 aliphatic heterocycles. The number of Topliss-reactive ketones (excluding diaryl/α,β-unsaturated/α-hetero) is 1. The zero-order valence-electron chi connectivity index (χ0n) is 8.72. The highest BCUT2D eigenvalue weighted by atomic mass is 16.1. The SMILES string of the molecule is Bc1ccc(C(=O)C(C)(C)C)cc1. The second-order valence-electron chi connectivity index (χ2n) is 4.45. The summed E-state index contributed by atoms with van der Waals surface area (Å²) in [6.07, 6.45) is 0. The molecule has 0 N–H and O–H groups in total. The van der Waals surface area contributed by atoms with E-state index in [1.54, 1.807) is 0 Å². The zero-order chi connectivity index (χ0) is 10.1. The van der Waals surface area contributed by atoms with Gasteiger partial charge in [-0.2, -0.15) is 0 Å². The molecule has 0 heterocycles. The van der Waals surface area contributed by atoms with Gasteiger partial charge in [0.05, 0.1) is 0 Å². The standard InChI is InChI=1S/C11H15BO/c1-11(2,3)10(13)8-4-6-9(12)7-5-8/h4-7H,12H2,1-3H3. The van der Waals surface area contributed by atoms with Gasteiger partial charge in [-0.15, -0.1) is 0 Å². The van der Waals surface area contributed by atoms with Crippen LogP contribution in [-0.4, -0.2) is 13.6 Å². The van der Waals surface area contributed by atoms with Crippen molar-refractivity contribution in [3.8, 4) is 0 Å². The summed E-state index contributed by atoms with van der Waals surface area (Å²) in [4.78, 5) is 11.8. The van der Waals surface area contributed by atoms with E-state index in [2.05, 4.69) is 0 Å². The van der Waals surface area contributed by atoms with Crippen LogP contribution in [-0.2, 0) is 0 Å². The van der Waals surface area contributed by atoms with Crippen molar-refractivity contribution < 1.29 is 4.79 Å². The second kappa shape index (κ2) is 3.37. The summed E-state index contributed by atoms with van der Waals surface area (Å²) in [5.41, 5.74) is 1.71. The van der Waals surface area contributed by atoms with Crippen molar-refractivity contribution in [3.05, 3.63) is 29.8 Å². The molecule has 1 rings (SSSR count). The fraction of sp³-hybridized carbons (Fsp3) is 0.364. The molecule has 2 heteroatoms. The van der Waals surface area contributed by atoms with E-state index >= 15 is 0 Å². The van der Waals surface area contributed by atoms with Crippen molar-refractivity contribution in [1.29, 1.82) is 0 Å². The highest BCUT2D eigenvalue weighted by Crippen LogP contribution is 2.19. The normalized spacial score (nSPS) is 11.3. The van der Waals surface area contributed by atoms with Crippen molar-refractivity contribution in [2.45, 2.75) is 20.8 Å². The Kier molecular flexibility index (Phi) is 2.60. The van der Waals surface area contributed by atoms with Gasteiger partial charge >= 0.3 is 0 Å². The summed E-state index contributed by atoms with van der Waals surface area (Å²) in [5.74, 6) is 0.201. The van der Waals surface area contributed by atoms with Gasteiger partial charge in [-0.1, -0.05) is 50.5 Å². The van der Waals surface area contributed by atoms with Crippen molar-refractivity contribution in [1.82, 2.24) is 0 Å². The Bertz CT molecular complexity index is 306. The van der Waals surface area contributed by atoms with Crippen LogP contribution < -0.4 is 5.46 Å². The molecule has 0 atom stereocenters. The lowest BCUT2D eigenvalue weighted by molar-refractivity contribution is 0.0858. The Morgan fingerprint density at radius 3 is 2.00 bits per heavy atom. The Hall–Kier alpha value is -1.05. The first-order valence-electron chi connectivity index (χ1n) is 4.53. The summed E-state index contributed by atoms with van der Waals surface area (Å²) in [6.45, 7) is 5.82. The summed E-state index contributed by atoms with van der Waals surface area (Å²) in [6, 6.07) is 7.73. The van der Waals surface area contributed by atoms with Gasteiger partial charge in [0.25, 0.3) is 0 Å². The second-order valence-corrected chi connectivity index (χ2v) is 4.45. The van der Waals surface area contributed by atoms with Crippen LogP contribution in [0.1, 0.15) is 31.1 Å². The molecule has 0 bridgehead atoms. The van der Waals surface area contributed by atoms with E-state index in [-0.39, 0.29) is 11.2 Å². The van der Waals surface area contributed by atoms with Crippen LogP contribution in [0.25, 0.3) is 0 Å². The van der Waals surface area contributed by atoms with E-state index in [4.69, 9.17) is 0 Å². The molecule has 0 fully saturated rings. The first-order valence-corrected chi connectivity index (χ1v) is 4.53. The van der Waals surface area contributed by atoms with Gasteiger partial charge in [0.15, 0.2) is 5.78 Å². The summed E-state index contributed by atoms with van der Waals surface area (Å²) < 4.78 is 0. The maximum absolute atomic E-state index is 11.8. The maximum atomic E-state index is 11.8. The number of hydrogen-bond donors (Lipinski definition) is 0. The molecule has 1 aromatic rings. The number of benzene rings is 1. The van der Waals surface area contributed by atoms with Crippen LogP contribution in [0.3, 0.4) is 0 Å². The third-order valence-corrected chi connectivity index (χ3v) is 1.99. The topological polar surface area (TPSA) is 17.1 Å². The van der Waals surface area contributed by atoms with Crippen LogP contribution in [0, 0.1) is 5.41 Å². The van der Waals surface area contributed by atoms with Gasteiger partial charge in [-0.3, -0.25) is 4.79 Å². The molecule has 0 spiro atoms. The molecule has 0 aromatic heterocycles. The quantitative estimate of drug-likeness (QED) is 0.461. The lowest BCUT2D eigenvalue weighted by atomic mass is 9.85. The summed E-state index contributed by atoms with van der Waals surface area (Å²) in [5, 5.41) is 0. The minimum Gasteiger partial charge on any atom is -0.294 e. The zero-order valence-corrected chi connectivity index (χ0v) is 8.72. The predicted octanol–water partition coefficient (Wildman–Crippen LogP) is 1.17. The fourth-order valence-corrected chi connectivity index (χ4v) is 1.14. The molecule has 68 valence electrons. The van der Waals surface area contributed by atoms with E-state index in [1.807, 2.05) is 52.9 Å². The Labute approximate surface area is 80.6 Å². The summed E-state index contributed by atoms with van der Waals surface area (Å²) in [7, 11) is 2.02. The van der Waals surface area contributed by atoms with Crippen molar-refractivity contribution in [2.75, 3.05) is 0 Å². The molecule has 13 heavy (non-hydrogen) atoms. The maximum Gasteiger partial charge on any atom is 0.168 e. The van der Waals surface area contributed by atoms with E-state index < -0.39 is 0 Å². The Morgan fingerprint density at radius 2 is 1.62 bits per heavy atom. The van der Waals surface area contributed by atoms with Gasteiger partial charge in [-0.25, -0.2) is 0 Å². The highest BCUT2D eigenvalue weighted by molar-refractivity contribution is 6.32. The number of rotatable bonds is 1. The van der Waals surface area contributed by atoms with Gasteiger partial charge < -0.3 is 0 Å². The van der Waals surface area contributed by atoms with Crippen LogP contribution >= 0.6 is 0 Å². The van der Waals surface area contributed by atoms with E-state index in [1.165, 1.54) is 5.46 Å². The number of carbonyl (C=O) groups is 1. The molecule has 0 amide bonds. The van der Waals surface area contributed by atoms with Crippen LogP contribution in [0.15, 0.2) is 24.3 Å². The average Bonchev–Trinajstić information content (AvgIpc) is 2.03. The Morgan fingerprint density at radius 1 is 1.15 bits per heavy atom. The molecule has 0 saturated carbocycles. The molecular formula is C11H15BO. The lowest BCUT2D eigenvalue weighted by Crippen LogP contribution is -2.20. The monoisotopic (exact) mass is 174 g/mol. The smallest absolute Gasteiger partial charge is 0.168 e. The molecule has 0 unspecified atom stereocenters. The van der Waals surface area contributed by atoms with Crippen molar-refractivity contribution in [3.63, 3.8) is 0 Å². The third-order valence-electron chi connectivity index (χ3n) is 1.99. The first-order chi connectivity index (χ1) is 5.91. The van der Waals surface area contributed by atoms with Crippen LogP contribution in [0.2, 0.25) is 0 Å². The van der Waals surface area contributed by atoms with Gasteiger partial charge in [0.2, 0.25) is 0 Å².